The molecule has 0 rings (SSSR count). The molecule has 11 heavy (non-hydrogen) atoms. The van der Waals surface area contributed by atoms with Gasteiger partial charge in [0.1, 0.15) is 0 Å². The van der Waals surface area contributed by atoms with E-state index in [4.69, 9.17) is 9.47 Å². The van der Waals surface area contributed by atoms with Crippen LogP contribution in [0.1, 0.15) is 6.92 Å². The molecule has 0 aliphatic rings. The molecule has 0 heterocycles. The van der Waals surface area contributed by atoms with Crippen LogP contribution in [0.3, 0.4) is 0 Å². The maximum Gasteiger partial charge on any atom is 0.337 e. The lowest BCUT2D eigenvalue weighted by Crippen LogP contribution is -2.35. The SMILES string of the molecule is COC(=O)[C@@H](OC)[C@@H](C)OC. The number of carbonyl (C=O) groups excluding carboxylic acids is 1. The molecule has 66 valence electrons. The van der Waals surface area contributed by atoms with Crippen LogP contribution in [0.15, 0.2) is 0 Å². The summed E-state index contributed by atoms with van der Waals surface area (Å²) in [5, 5.41) is 0. The van der Waals surface area contributed by atoms with E-state index in [1.54, 1.807) is 6.92 Å². The van der Waals surface area contributed by atoms with Crippen LogP contribution in [0.5, 0.6) is 0 Å². The average molecular weight is 162 g/mol. The third-order valence-electron chi connectivity index (χ3n) is 1.49. The van der Waals surface area contributed by atoms with E-state index in [0.29, 0.717) is 0 Å². The van der Waals surface area contributed by atoms with Crippen molar-refractivity contribution in [2.45, 2.75) is 19.1 Å². The fraction of sp³-hybridized carbons (Fsp3) is 0.857. The van der Waals surface area contributed by atoms with Crippen molar-refractivity contribution in [1.82, 2.24) is 0 Å². The molecule has 0 aliphatic carbocycles. The summed E-state index contributed by atoms with van der Waals surface area (Å²) in [5.41, 5.74) is 0. The summed E-state index contributed by atoms with van der Waals surface area (Å²) in [6.45, 7) is 1.74. The van der Waals surface area contributed by atoms with Gasteiger partial charge in [-0.25, -0.2) is 4.79 Å². The Hall–Kier alpha value is -0.610. The van der Waals surface area contributed by atoms with Gasteiger partial charge in [0.25, 0.3) is 0 Å². The summed E-state index contributed by atoms with van der Waals surface area (Å²) in [5.74, 6) is -0.415. The Morgan fingerprint density at radius 1 is 1.18 bits per heavy atom. The third kappa shape index (κ3) is 2.86. The normalized spacial score (nSPS) is 15.6. The number of rotatable bonds is 4. The molecule has 2 atom stereocenters. The first kappa shape index (κ1) is 10.4. The van der Waals surface area contributed by atoms with Crippen LogP contribution in [-0.4, -0.2) is 39.5 Å². The summed E-state index contributed by atoms with van der Waals surface area (Å²) in [6.07, 6.45) is -0.919. The van der Waals surface area contributed by atoms with E-state index in [-0.39, 0.29) is 6.10 Å². The molecule has 0 bridgehead atoms. The van der Waals surface area contributed by atoms with Gasteiger partial charge in [-0.1, -0.05) is 0 Å². The topological polar surface area (TPSA) is 44.8 Å². The van der Waals surface area contributed by atoms with E-state index in [1.807, 2.05) is 0 Å². The molecular formula is C7H14O4. The molecule has 0 spiro atoms. The lowest BCUT2D eigenvalue weighted by atomic mass is 10.2. The lowest BCUT2D eigenvalue weighted by molar-refractivity contribution is -0.159. The fourth-order valence-electron chi connectivity index (χ4n) is 0.719. The molecule has 0 aromatic rings. The second kappa shape index (κ2) is 5.09. The minimum Gasteiger partial charge on any atom is -0.467 e. The zero-order chi connectivity index (χ0) is 8.85. The molecule has 0 unspecified atom stereocenters. The van der Waals surface area contributed by atoms with E-state index < -0.39 is 12.1 Å². The first-order chi connectivity index (χ1) is 5.17. The highest BCUT2D eigenvalue weighted by atomic mass is 16.6. The van der Waals surface area contributed by atoms with Crippen molar-refractivity contribution in [3.8, 4) is 0 Å². The zero-order valence-electron chi connectivity index (χ0n) is 7.29. The Bertz CT molecular complexity index is 124. The first-order valence-electron chi connectivity index (χ1n) is 3.30. The quantitative estimate of drug-likeness (QED) is 0.554. The molecule has 0 aromatic heterocycles. The molecule has 4 heteroatoms. The molecule has 0 aliphatic heterocycles. The van der Waals surface area contributed by atoms with Gasteiger partial charge in [0, 0.05) is 14.2 Å². The third-order valence-corrected chi connectivity index (χ3v) is 1.49. The minimum absolute atomic E-state index is 0.285. The van der Waals surface area contributed by atoms with Crippen LogP contribution in [0.2, 0.25) is 0 Å². The summed E-state index contributed by atoms with van der Waals surface area (Å²) in [6, 6.07) is 0. The van der Waals surface area contributed by atoms with Gasteiger partial charge in [-0.05, 0) is 6.92 Å². The van der Waals surface area contributed by atoms with E-state index in [1.165, 1.54) is 21.3 Å². The zero-order valence-corrected chi connectivity index (χ0v) is 7.29. The van der Waals surface area contributed by atoms with Gasteiger partial charge < -0.3 is 14.2 Å². The molecule has 0 fully saturated rings. The highest BCUT2D eigenvalue weighted by Gasteiger charge is 2.25. The molecule has 0 amide bonds. The van der Waals surface area contributed by atoms with Crippen molar-refractivity contribution in [2.24, 2.45) is 0 Å². The Balaban J connectivity index is 4.03. The van der Waals surface area contributed by atoms with Gasteiger partial charge in [-0.2, -0.15) is 0 Å². The number of carbonyl (C=O) groups is 1. The van der Waals surface area contributed by atoms with Gasteiger partial charge >= 0.3 is 5.97 Å². The van der Waals surface area contributed by atoms with Gasteiger partial charge in [-0.3, -0.25) is 0 Å². The van der Waals surface area contributed by atoms with E-state index in [9.17, 15) is 4.79 Å². The number of esters is 1. The summed E-state index contributed by atoms with van der Waals surface area (Å²) >= 11 is 0. The first-order valence-corrected chi connectivity index (χ1v) is 3.30. The van der Waals surface area contributed by atoms with Gasteiger partial charge in [0.2, 0.25) is 0 Å². The van der Waals surface area contributed by atoms with Crippen molar-refractivity contribution < 1.29 is 19.0 Å². The molecule has 0 radical (unpaired) electrons. The van der Waals surface area contributed by atoms with E-state index in [0.717, 1.165) is 0 Å². The molecule has 4 nitrogen and oxygen atoms in total. The second-order valence-corrected chi connectivity index (χ2v) is 2.12. The van der Waals surface area contributed by atoms with E-state index >= 15 is 0 Å². The molecular weight excluding hydrogens is 148 g/mol. The predicted octanol–water partition coefficient (Wildman–Crippen LogP) is 0.209. The molecule has 0 saturated heterocycles. The van der Waals surface area contributed by atoms with Gasteiger partial charge in [-0.15, -0.1) is 0 Å². The van der Waals surface area contributed by atoms with Crippen LogP contribution in [-0.2, 0) is 19.0 Å². The Morgan fingerprint density at radius 3 is 2.00 bits per heavy atom. The fourth-order valence-corrected chi connectivity index (χ4v) is 0.719. The lowest BCUT2D eigenvalue weighted by Gasteiger charge is -2.18. The Morgan fingerprint density at radius 2 is 1.73 bits per heavy atom. The Kier molecular flexibility index (Phi) is 4.81. The van der Waals surface area contributed by atoms with Crippen molar-refractivity contribution >= 4 is 5.97 Å². The van der Waals surface area contributed by atoms with Crippen molar-refractivity contribution in [3.05, 3.63) is 0 Å². The maximum absolute atomic E-state index is 10.9. The maximum atomic E-state index is 10.9. The largest absolute Gasteiger partial charge is 0.467 e. The number of hydrogen-bond donors (Lipinski definition) is 0. The standard InChI is InChI=1S/C7H14O4/c1-5(9-2)6(10-3)7(8)11-4/h5-6H,1-4H3/t5-,6+/m1/s1. The number of ether oxygens (including phenoxy) is 3. The van der Waals surface area contributed by atoms with Crippen LogP contribution in [0, 0.1) is 0 Å². The van der Waals surface area contributed by atoms with Crippen LogP contribution in [0.4, 0.5) is 0 Å². The van der Waals surface area contributed by atoms with Gasteiger partial charge in [0.15, 0.2) is 6.10 Å². The molecule has 0 aromatic carbocycles. The summed E-state index contributed by atoms with van der Waals surface area (Å²) < 4.78 is 14.2. The summed E-state index contributed by atoms with van der Waals surface area (Å²) in [4.78, 5) is 10.9. The molecule has 0 N–H and O–H groups in total. The predicted molar refractivity (Wildman–Crippen MR) is 39.3 cm³/mol. The smallest absolute Gasteiger partial charge is 0.337 e. The van der Waals surface area contributed by atoms with E-state index in [2.05, 4.69) is 4.74 Å². The van der Waals surface area contributed by atoms with Crippen molar-refractivity contribution in [1.29, 1.82) is 0 Å². The monoisotopic (exact) mass is 162 g/mol. The average Bonchev–Trinajstić information content (AvgIpc) is 2.05. The van der Waals surface area contributed by atoms with Crippen LogP contribution < -0.4 is 0 Å². The van der Waals surface area contributed by atoms with Crippen LogP contribution in [0.25, 0.3) is 0 Å². The minimum atomic E-state index is -0.634. The van der Waals surface area contributed by atoms with Crippen molar-refractivity contribution in [3.63, 3.8) is 0 Å². The molecule has 0 saturated carbocycles. The number of methoxy groups -OCH3 is 3. The highest BCUT2D eigenvalue weighted by Crippen LogP contribution is 2.02. The second-order valence-electron chi connectivity index (χ2n) is 2.12. The van der Waals surface area contributed by atoms with Gasteiger partial charge in [0.05, 0.1) is 13.2 Å². The Labute approximate surface area is 66.4 Å². The van der Waals surface area contributed by atoms with Crippen molar-refractivity contribution in [2.75, 3.05) is 21.3 Å². The van der Waals surface area contributed by atoms with Crippen LogP contribution >= 0.6 is 0 Å². The number of hydrogen-bond acceptors (Lipinski definition) is 4. The summed E-state index contributed by atoms with van der Waals surface area (Å²) in [7, 11) is 4.27. The highest BCUT2D eigenvalue weighted by molar-refractivity contribution is 5.75.